The maximum atomic E-state index is 12.4. The van der Waals surface area contributed by atoms with E-state index in [0.717, 1.165) is 6.42 Å². The molecule has 0 aromatic heterocycles. The van der Waals surface area contributed by atoms with Crippen molar-refractivity contribution in [3.63, 3.8) is 0 Å². The number of nitrogens with one attached hydrogen (secondary N) is 2. The third kappa shape index (κ3) is 4.51. The highest BCUT2D eigenvalue weighted by Crippen LogP contribution is 2.31. The molecule has 0 spiro atoms. The first-order valence-electron chi connectivity index (χ1n) is 9.13. The van der Waals surface area contributed by atoms with E-state index >= 15 is 0 Å². The largest absolute Gasteiger partial charge is 0.374 e. The first-order valence-corrected chi connectivity index (χ1v) is 9.51. The van der Waals surface area contributed by atoms with Crippen LogP contribution in [-0.4, -0.2) is 30.2 Å². The van der Waals surface area contributed by atoms with Crippen LogP contribution in [0.1, 0.15) is 37.0 Å². The van der Waals surface area contributed by atoms with Crippen molar-refractivity contribution in [2.45, 2.75) is 32.7 Å². The van der Waals surface area contributed by atoms with Crippen LogP contribution < -0.4 is 15.5 Å². The lowest BCUT2D eigenvalue weighted by molar-refractivity contribution is -0.117. The number of hydrogen-bond donors (Lipinski definition) is 2. The second kappa shape index (κ2) is 8.44. The van der Waals surface area contributed by atoms with E-state index in [4.69, 9.17) is 11.6 Å². The highest BCUT2D eigenvalue weighted by molar-refractivity contribution is 6.34. The molecule has 0 unspecified atom stereocenters. The molecular formula is C21H22ClN3O3. The zero-order chi connectivity index (χ0) is 20.3. The van der Waals surface area contributed by atoms with E-state index in [1.165, 1.54) is 6.92 Å². The number of carbonyl (C=O) groups excluding carboxylic acids is 3. The van der Waals surface area contributed by atoms with Crippen LogP contribution in [-0.2, 0) is 9.59 Å². The normalized spacial score (nSPS) is 14.7. The van der Waals surface area contributed by atoms with Crippen LogP contribution in [0.2, 0.25) is 5.02 Å². The molecule has 28 heavy (non-hydrogen) atoms. The van der Waals surface area contributed by atoms with Crippen LogP contribution in [0, 0.1) is 0 Å². The molecule has 7 heteroatoms. The highest BCUT2D eigenvalue weighted by Gasteiger charge is 2.24. The van der Waals surface area contributed by atoms with Gasteiger partial charge in [0, 0.05) is 29.9 Å². The molecule has 3 rings (SSSR count). The third-order valence-corrected chi connectivity index (χ3v) is 4.95. The van der Waals surface area contributed by atoms with Gasteiger partial charge in [0.2, 0.25) is 11.8 Å². The summed E-state index contributed by atoms with van der Waals surface area (Å²) in [6, 6.07) is 11.5. The lowest BCUT2D eigenvalue weighted by atomic mass is 10.1. The molecule has 0 radical (unpaired) electrons. The molecule has 0 aliphatic carbocycles. The molecule has 2 aromatic rings. The van der Waals surface area contributed by atoms with Gasteiger partial charge in [0.1, 0.15) is 6.04 Å². The zero-order valence-corrected chi connectivity index (χ0v) is 16.5. The zero-order valence-electron chi connectivity index (χ0n) is 15.8. The minimum Gasteiger partial charge on any atom is -0.374 e. The first kappa shape index (κ1) is 19.9. The Bertz CT molecular complexity index is 912. The van der Waals surface area contributed by atoms with E-state index in [9.17, 15) is 14.4 Å². The van der Waals surface area contributed by atoms with Crippen LogP contribution >= 0.6 is 11.6 Å². The van der Waals surface area contributed by atoms with Crippen molar-refractivity contribution in [2.75, 3.05) is 22.1 Å². The van der Waals surface area contributed by atoms with E-state index in [-0.39, 0.29) is 17.6 Å². The van der Waals surface area contributed by atoms with Gasteiger partial charge in [0.15, 0.2) is 5.78 Å². The Labute approximate surface area is 168 Å². The van der Waals surface area contributed by atoms with E-state index < -0.39 is 6.04 Å². The Balaban J connectivity index is 1.62. The van der Waals surface area contributed by atoms with Crippen LogP contribution in [0.25, 0.3) is 0 Å². The van der Waals surface area contributed by atoms with Gasteiger partial charge in [-0.05, 0) is 62.7 Å². The maximum absolute atomic E-state index is 12.4. The summed E-state index contributed by atoms with van der Waals surface area (Å²) in [6.07, 6.45) is 1.38. The van der Waals surface area contributed by atoms with Crippen molar-refractivity contribution in [1.82, 2.24) is 0 Å². The summed E-state index contributed by atoms with van der Waals surface area (Å²) in [5.74, 6) is -0.166. The first-order chi connectivity index (χ1) is 13.3. The molecule has 0 saturated carbocycles. The molecule has 1 aliphatic rings. The molecule has 1 fully saturated rings. The highest BCUT2D eigenvalue weighted by atomic mass is 35.5. The summed E-state index contributed by atoms with van der Waals surface area (Å²) in [7, 11) is 0. The van der Waals surface area contributed by atoms with E-state index in [1.807, 2.05) is 0 Å². The third-order valence-electron chi connectivity index (χ3n) is 4.65. The SMILES string of the molecule is CC(=O)c1ccc(NC(=O)[C@H](C)Nc2ccc(N3CCCC3=O)c(Cl)c2)cc1. The number of benzene rings is 2. The molecule has 2 N–H and O–H groups in total. The number of carbonyl (C=O) groups is 3. The lowest BCUT2D eigenvalue weighted by Crippen LogP contribution is -2.32. The van der Waals surface area contributed by atoms with Gasteiger partial charge < -0.3 is 15.5 Å². The Morgan fingerprint density at radius 1 is 1.11 bits per heavy atom. The van der Waals surface area contributed by atoms with Gasteiger partial charge in [-0.15, -0.1) is 0 Å². The smallest absolute Gasteiger partial charge is 0.246 e. The van der Waals surface area contributed by atoms with E-state index in [0.29, 0.717) is 40.6 Å². The summed E-state index contributed by atoms with van der Waals surface area (Å²) in [5.41, 5.74) is 2.59. The van der Waals surface area contributed by atoms with Crippen molar-refractivity contribution in [2.24, 2.45) is 0 Å². The van der Waals surface area contributed by atoms with Crippen LogP contribution in [0.3, 0.4) is 0 Å². The number of halogens is 1. The average molecular weight is 400 g/mol. The molecule has 2 aromatic carbocycles. The van der Waals surface area contributed by atoms with Gasteiger partial charge >= 0.3 is 0 Å². The van der Waals surface area contributed by atoms with Gasteiger partial charge in [-0.3, -0.25) is 14.4 Å². The van der Waals surface area contributed by atoms with Gasteiger partial charge in [-0.2, -0.15) is 0 Å². The van der Waals surface area contributed by atoms with E-state index in [2.05, 4.69) is 10.6 Å². The topological polar surface area (TPSA) is 78.5 Å². The summed E-state index contributed by atoms with van der Waals surface area (Å²) >= 11 is 6.35. The van der Waals surface area contributed by atoms with Crippen LogP contribution in [0.15, 0.2) is 42.5 Å². The Kier molecular flexibility index (Phi) is 5.99. The van der Waals surface area contributed by atoms with E-state index in [1.54, 1.807) is 54.3 Å². The second-order valence-electron chi connectivity index (χ2n) is 6.80. The number of amides is 2. The molecule has 6 nitrogen and oxygen atoms in total. The summed E-state index contributed by atoms with van der Waals surface area (Å²) < 4.78 is 0. The molecule has 146 valence electrons. The predicted molar refractivity (Wildman–Crippen MR) is 111 cm³/mol. The number of rotatable bonds is 6. The van der Waals surface area contributed by atoms with Crippen molar-refractivity contribution in [3.8, 4) is 0 Å². The fourth-order valence-corrected chi connectivity index (χ4v) is 3.36. The molecule has 1 heterocycles. The Morgan fingerprint density at radius 2 is 1.79 bits per heavy atom. The standard InChI is InChI=1S/C21H22ClN3O3/c1-13(21(28)24-16-7-5-15(6-8-16)14(2)26)23-17-9-10-19(18(22)12-17)25-11-3-4-20(25)27/h5-10,12-13,23H,3-4,11H2,1-2H3,(H,24,28)/t13-/m0/s1. The molecular weight excluding hydrogens is 378 g/mol. The predicted octanol–water partition coefficient (Wildman–Crippen LogP) is 4.11. The minimum absolute atomic E-state index is 0.0242. The number of anilines is 3. The molecule has 0 bridgehead atoms. The van der Waals surface area contributed by atoms with Crippen molar-refractivity contribution >= 4 is 46.3 Å². The summed E-state index contributed by atoms with van der Waals surface area (Å²) in [5, 5.41) is 6.38. The molecule has 1 saturated heterocycles. The number of Topliss-reactive ketones (excluding diaryl/α,β-unsaturated/α-hetero) is 1. The number of hydrogen-bond acceptors (Lipinski definition) is 4. The maximum Gasteiger partial charge on any atom is 0.246 e. The van der Waals surface area contributed by atoms with Gasteiger partial charge in [0.05, 0.1) is 10.7 Å². The van der Waals surface area contributed by atoms with Crippen molar-refractivity contribution < 1.29 is 14.4 Å². The second-order valence-corrected chi connectivity index (χ2v) is 7.21. The fraction of sp³-hybridized carbons (Fsp3) is 0.286. The summed E-state index contributed by atoms with van der Waals surface area (Å²) in [4.78, 5) is 37.3. The van der Waals surface area contributed by atoms with Crippen LogP contribution in [0.5, 0.6) is 0 Å². The minimum atomic E-state index is -0.511. The monoisotopic (exact) mass is 399 g/mol. The molecule has 1 atom stereocenters. The number of nitrogens with zero attached hydrogens (tertiary/aromatic N) is 1. The van der Waals surface area contributed by atoms with Gasteiger partial charge in [-0.25, -0.2) is 0 Å². The Hall–Kier alpha value is -2.86. The number of ketones is 1. The fourth-order valence-electron chi connectivity index (χ4n) is 3.07. The average Bonchev–Trinajstić information content (AvgIpc) is 3.08. The van der Waals surface area contributed by atoms with Gasteiger partial charge in [0.25, 0.3) is 0 Å². The van der Waals surface area contributed by atoms with Crippen molar-refractivity contribution in [1.29, 1.82) is 0 Å². The van der Waals surface area contributed by atoms with Crippen LogP contribution in [0.4, 0.5) is 17.1 Å². The summed E-state index contributed by atoms with van der Waals surface area (Å²) in [6.45, 7) is 3.91. The van der Waals surface area contributed by atoms with Crippen molar-refractivity contribution in [3.05, 3.63) is 53.1 Å². The molecule has 1 aliphatic heterocycles. The Morgan fingerprint density at radius 3 is 2.36 bits per heavy atom. The molecule has 2 amide bonds. The lowest BCUT2D eigenvalue weighted by Gasteiger charge is -2.20. The van der Waals surface area contributed by atoms with Gasteiger partial charge in [-0.1, -0.05) is 11.6 Å². The quantitative estimate of drug-likeness (QED) is 0.716.